The van der Waals surface area contributed by atoms with Gasteiger partial charge in [0.1, 0.15) is 13.2 Å². The van der Waals surface area contributed by atoms with Crippen LogP contribution in [0.4, 0.5) is 17.6 Å². The quantitative estimate of drug-likeness (QED) is 0.664. The lowest BCUT2D eigenvalue weighted by atomic mass is 10.1. The summed E-state index contributed by atoms with van der Waals surface area (Å²) < 4.78 is 12.1. The summed E-state index contributed by atoms with van der Waals surface area (Å²) in [6.07, 6.45) is 0. The number of nitrogens with two attached hydrogens (primary N) is 1. The predicted molar refractivity (Wildman–Crippen MR) is 104 cm³/mol. The van der Waals surface area contributed by atoms with E-state index in [4.69, 9.17) is 27.4 Å². The van der Waals surface area contributed by atoms with Gasteiger partial charge in [-0.1, -0.05) is 24.4 Å². The van der Waals surface area contributed by atoms with Crippen molar-refractivity contribution in [1.29, 1.82) is 0 Å². The number of rotatable bonds is 4. The molecule has 4 rings (SSSR count). The number of carbonyl (C=O) groups excluding carboxylic acids is 1. The van der Waals surface area contributed by atoms with Crippen molar-refractivity contribution in [3.05, 3.63) is 53.6 Å². The molecule has 2 aromatic carbocycles. The molecule has 0 saturated heterocycles. The van der Waals surface area contributed by atoms with E-state index in [1.165, 1.54) is 5.37 Å². The highest BCUT2D eigenvalue weighted by molar-refractivity contribution is 7.79. The lowest BCUT2D eigenvalue weighted by Crippen LogP contribution is -2.16. The average Bonchev–Trinajstić information content (AvgIpc) is 3.07. The van der Waals surface area contributed by atoms with Crippen molar-refractivity contribution in [3.8, 4) is 11.5 Å². The van der Waals surface area contributed by atoms with E-state index >= 15 is 0 Å². The van der Waals surface area contributed by atoms with Crippen LogP contribution in [0.25, 0.3) is 0 Å². The molecule has 0 radical (unpaired) electrons. The highest BCUT2D eigenvalue weighted by Crippen LogP contribution is 2.33. The maximum Gasteiger partial charge on any atom is 0.281 e. The maximum atomic E-state index is 12.6. The number of ether oxygens (including phenoxy) is 2. The summed E-state index contributed by atoms with van der Waals surface area (Å²) in [5, 5.41) is 8.70. The molecule has 3 N–H and O–H groups in total. The molecule has 136 valence electrons. The predicted octanol–water partition coefficient (Wildman–Crippen LogP) is 2.41. The molecule has 0 fully saturated rings. The van der Waals surface area contributed by atoms with Crippen molar-refractivity contribution < 1.29 is 14.3 Å². The summed E-state index contributed by atoms with van der Waals surface area (Å²) in [5.41, 5.74) is 7.82. The van der Waals surface area contributed by atoms with Gasteiger partial charge in [0.05, 0.1) is 0 Å². The monoisotopic (exact) mass is 381 g/mol. The van der Waals surface area contributed by atoms with Gasteiger partial charge in [-0.3, -0.25) is 4.79 Å². The second-order valence-electron chi connectivity index (χ2n) is 5.73. The Bertz CT molecular complexity index is 1020. The van der Waals surface area contributed by atoms with E-state index in [0.29, 0.717) is 36.0 Å². The van der Waals surface area contributed by atoms with Gasteiger partial charge in [-0.2, -0.15) is 9.67 Å². The van der Waals surface area contributed by atoms with Gasteiger partial charge in [0.15, 0.2) is 11.5 Å². The minimum Gasteiger partial charge on any atom is -0.486 e. The van der Waals surface area contributed by atoms with Crippen LogP contribution in [0.2, 0.25) is 0 Å². The molecule has 27 heavy (non-hydrogen) atoms. The van der Waals surface area contributed by atoms with Gasteiger partial charge in [-0.05, 0) is 29.8 Å². The Balaban J connectivity index is 1.55. The van der Waals surface area contributed by atoms with E-state index in [2.05, 4.69) is 15.4 Å². The number of thiocarbonyl (C=S) groups is 1. The van der Waals surface area contributed by atoms with E-state index in [1.54, 1.807) is 42.5 Å². The fraction of sp³-hybridized carbons (Fsp3) is 0.111. The van der Waals surface area contributed by atoms with Crippen molar-refractivity contribution in [2.75, 3.05) is 24.3 Å². The molecule has 1 aromatic heterocycles. The van der Waals surface area contributed by atoms with Crippen molar-refractivity contribution in [2.45, 2.75) is 0 Å². The third kappa shape index (κ3) is 3.44. The molecule has 8 nitrogen and oxygen atoms in total. The first-order valence-electron chi connectivity index (χ1n) is 8.13. The fourth-order valence-electron chi connectivity index (χ4n) is 2.60. The highest BCUT2D eigenvalue weighted by atomic mass is 32.1. The van der Waals surface area contributed by atoms with E-state index in [0.717, 1.165) is 10.2 Å². The Kier molecular flexibility index (Phi) is 4.43. The molecule has 0 atom stereocenters. The number of fused-ring (bicyclic) bond motifs is 1. The van der Waals surface area contributed by atoms with E-state index in [9.17, 15) is 4.79 Å². The largest absolute Gasteiger partial charge is 0.486 e. The number of aromatic nitrogens is 3. The number of hydrogen-bond acceptors (Lipinski definition) is 8. The van der Waals surface area contributed by atoms with Crippen LogP contribution in [0.15, 0.2) is 42.5 Å². The molecule has 9 heteroatoms. The number of nitrogens with one attached hydrogen (secondary N) is 1. The molecule has 0 bridgehead atoms. The molecule has 0 saturated carbocycles. The van der Waals surface area contributed by atoms with Crippen LogP contribution in [-0.2, 0) is 0 Å². The van der Waals surface area contributed by atoms with Crippen LogP contribution in [0.1, 0.15) is 15.9 Å². The smallest absolute Gasteiger partial charge is 0.281 e. The summed E-state index contributed by atoms with van der Waals surface area (Å²) in [4.78, 5) is 16.7. The van der Waals surface area contributed by atoms with Crippen LogP contribution in [-0.4, -0.2) is 39.3 Å². The Hall–Kier alpha value is -3.46. The first-order valence-corrected chi connectivity index (χ1v) is 8.60. The van der Waals surface area contributed by atoms with E-state index < -0.39 is 0 Å². The van der Waals surface area contributed by atoms with Crippen molar-refractivity contribution in [1.82, 2.24) is 14.8 Å². The molecule has 0 spiro atoms. The first kappa shape index (κ1) is 17.0. The lowest BCUT2D eigenvalue weighted by molar-refractivity contribution is 0.0948. The van der Waals surface area contributed by atoms with Gasteiger partial charge < -0.3 is 20.5 Å². The van der Waals surface area contributed by atoms with Crippen LogP contribution < -0.4 is 20.5 Å². The van der Waals surface area contributed by atoms with Gasteiger partial charge >= 0.3 is 0 Å². The van der Waals surface area contributed by atoms with Crippen molar-refractivity contribution in [3.63, 3.8) is 0 Å². The number of nitrogens with zero attached hydrogens (tertiary/aromatic N) is 3. The Morgan fingerprint density at radius 3 is 2.63 bits per heavy atom. The number of hydrogen-bond donors (Lipinski definition) is 2. The van der Waals surface area contributed by atoms with Crippen LogP contribution in [0, 0.1) is 0 Å². The normalized spacial score (nSPS) is 12.4. The summed E-state index contributed by atoms with van der Waals surface area (Å²) in [7, 11) is 0. The molecule has 0 unspecified atom stereocenters. The number of anilines is 3. The summed E-state index contributed by atoms with van der Waals surface area (Å²) >= 11 is 4.86. The summed E-state index contributed by atoms with van der Waals surface area (Å²) in [6.45, 7) is 1.02. The maximum absolute atomic E-state index is 12.6. The topological polar surface area (TPSA) is 104 Å². The zero-order chi connectivity index (χ0) is 18.8. The molecule has 0 aliphatic carbocycles. The Labute approximate surface area is 159 Å². The van der Waals surface area contributed by atoms with Crippen LogP contribution >= 0.6 is 12.2 Å². The van der Waals surface area contributed by atoms with Gasteiger partial charge in [-0.25, -0.2) is 0 Å². The zero-order valence-electron chi connectivity index (χ0n) is 14.1. The van der Waals surface area contributed by atoms with Gasteiger partial charge in [-0.15, -0.1) is 5.10 Å². The third-order valence-electron chi connectivity index (χ3n) is 3.92. The molecule has 1 aliphatic rings. The number of nitrogen functional groups attached to an aromatic ring is 1. The third-order valence-corrected chi connectivity index (χ3v) is 4.19. The SMILES string of the molecule is Nc1nc(Nc2ccc3c(c2)OCCO3)nn1C(=O)c1ccc(C=S)cc1. The minimum absolute atomic E-state index is 0.0149. The zero-order valence-corrected chi connectivity index (χ0v) is 14.9. The minimum atomic E-state index is -0.383. The second-order valence-corrected chi connectivity index (χ2v) is 5.97. The fourth-order valence-corrected chi connectivity index (χ4v) is 2.76. The van der Waals surface area contributed by atoms with Gasteiger partial charge in [0.2, 0.25) is 11.9 Å². The average molecular weight is 381 g/mol. The highest BCUT2D eigenvalue weighted by Gasteiger charge is 2.17. The second kappa shape index (κ2) is 7.04. The molecule has 1 aliphatic heterocycles. The molecule has 3 aromatic rings. The lowest BCUT2D eigenvalue weighted by Gasteiger charge is -2.18. The molecule has 0 amide bonds. The van der Waals surface area contributed by atoms with Crippen LogP contribution in [0.3, 0.4) is 0 Å². The standard InChI is InChI=1S/C18H15N5O3S/c19-17-21-18(20-13-5-6-14-15(9-13)26-8-7-25-14)22-23(17)16(24)12-3-1-11(10-27)2-4-12/h1-6,9-10H,7-8H2,(H3,19,20,21,22). The molecular weight excluding hydrogens is 366 g/mol. The number of carbonyl (C=O) groups is 1. The van der Waals surface area contributed by atoms with Crippen molar-refractivity contribution >= 4 is 41.1 Å². The first-order chi connectivity index (χ1) is 13.1. The molecular formula is C18H15N5O3S. The van der Waals surface area contributed by atoms with Crippen molar-refractivity contribution in [2.24, 2.45) is 0 Å². The van der Waals surface area contributed by atoms with Gasteiger partial charge in [0, 0.05) is 22.7 Å². The van der Waals surface area contributed by atoms with E-state index in [-0.39, 0.29) is 17.8 Å². The summed E-state index contributed by atoms with van der Waals surface area (Å²) in [5.74, 6) is 1.12. The Morgan fingerprint density at radius 2 is 1.89 bits per heavy atom. The summed E-state index contributed by atoms with van der Waals surface area (Å²) in [6, 6.07) is 12.2. The Morgan fingerprint density at radius 1 is 1.15 bits per heavy atom. The molecule has 2 heterocycles. The van der Waals surface area contributed by atoms with E-state index in [1.807, 2.05) is 0 Å². The van der Waals surface area contributed by atoms with Gasteiger partial charge in [0.25, 0.3) is 5.91 Å². The number of benzene rings is 2. The van der Waals surface area contributed by atoms with Crippen LogP contribution in [0.5, 0.6) is 11.5 Å².